The third-order valence-electron chi connectivity index (χ3n) is 3.32. The summed E-state index contributed by atoms with van der Waals surface area (Å²) >= 11 is 6.14. The van der Waals surface area contributed by atoms with Crippen molar-refractivity contribution in [1.82, 2.24) is 5.32 Å². The van der Waals surface area contributed by atoms with Gasteiger partial charge in [0.1, 0.15) is 0 Å². The van der Waals surface area contributed by atoms with Crippen molar-refractivity contribution in [2.24, 2.45) is 0 Å². The van der Waals surface area contributed by atoms with Crippen LogP contribution in [-0.2, 0) is 0 Å². The van der Waals surface area contributed by atoms with Crippen molar-refractivity contribution in [3.8, 4) is 0 Å². The minimum absolute atomic E-state index is 0.00631. The van der Waals surface area contributed by atoms with Crippen molar-refractivity contribution in [2.75, 3.05) is 0 Å². The van der Waals surface area contributed by atoms with E-state index in [1.807, 2.05) is 38.1 Å². The Morgan fingerprint density at radius 3 is 2.30 bits per heavy atom. The van der Waals surface area contributed by atoms with Gasteiger partial charge >= 0.3 is 0 Å². The van der Waals surface area contributed by atoms with Crippen LogP contribution < -0.4 is 5.32 Å². The Balaban J connectivity index is 2.13. The molecule has 1 N–H and O–H groups in total. The summed E-state index contributed by atoms with van der Waals surface area (Å²) in [5, 5.41) is 4.01. The van der Waals surface area contributed by atoms with Crippen LogP contribution in [0.2, 0.25) is 5.02 Å². The molecule has 2 rings (SSSR count). The van der Waals surface area contributed by atoms with Gasteiger partial charge in [0.2, 0.25) is 0 Å². The fourth-order valence-corrected chi connectivity index (χ4v) is 2.47. The van der Waals surface area contributed by atoms with Gasteiger partial charge in [-0.05, 0) is 43.2 Å². The van der Waals surface area contributed by atoms with Gasteiger partial charge in [-0.3, -0.25) is 0 Å². The van der Waals surface area contributed by atoms with Crippen LogP contribution in [0.3, 0.4) is 0 Å². The second kappa shape index (κ2) is 6.33. The van der Waals surface area contributed by atoms with Crippen LogP contribution in [-0.4, -0.2) is 0 Å². The number of nitrogens with one attached hydrogen (secondary N) is 1. The third-order valence-corrected chi connectivity index (χ3v) is 3.66. The fourth-order valence-electron chi connectivity index (χ4n) is 2.17. The van der Waals surface area contributed by atoms with Crippen LogP contribution in [0.1, 0.15) is 37.1 Å². The fraction of sp³-hybridized carbons (Fsp3) is 0.250. The van der Waals surface area contributed by atoms with Crippen molar-refractivity contribution in [1.29, 1.82) is 0 Å². The molecule has 0 aliphatic carbocycles. The van der Waals surface area contributed by atoms with Crippen LogP contribution in [0, 0.1) is 11.6 Å². The molecule has 4 heteroatoms. The summed E-state index contributed by atoms with van der Waals surface area (Å²) < 4.78 is 26.2. The van der Waals surface area contributed by atoms with Crippen molar-refractivity contribution >= 4 is 11.6 Å². The normalized spacial score (nSPS) is 14.1. The molecule has 0 fully saturated rings. The van der Waals surface area contributed by atoms with Gasteiger partial charge in [0.15, 0.2) is 11.6 Å². The predicted octanol–water partition coefficient (Wildman–Crippen LogP) is 5.03. The van der Waals surface area contributed by atoms with E-state index in [0.29, 0.717) is 10.6 Å². The number of hydrogen-bond acceptors (Lipinski definition) is 1. The van der Waals surface area contributed by atoms with Gasteiger partial charge in [-0.15, -0.1) is 0 Å². The van der Waals surface area contributed by atoms with Crippen LogP contribution in [0.25, 0.3) is 0 Å². The highest BCUT2D eigenvalue weighted by Crippen LogP contribution is 2.25. The summed E-state index contributed by atoms with van der Waals surface area (Å²) in [5.74, 6) is -1.67. The molecule has 0 amide bonds. The lowest BCUT2D eigenvalue weighted by Crippen LogP contribution is -2.22. The number of hydrogen-bond donors (Lipinski definition) is 1. The standard InChI is InChI=1S/C16H16ClF2N/c1-10(12-7-8-15(18)16(19)9-12)20-11(2)13-5-3-4-6-14(13)17/h3-11,20H,1-2H3/t10?,11-/m0/s1. The van der Waals surface area contributed by atoms with Crippen LogP contribution >= 0.6 is 11.6 Å². The van der Waals surface area contributed by atoms with Crippen molar-refractivity contribution in [3.05, 3.63) is 70.2 Å². The maximum atomic E-state index is 13.2. The Hall–Kier alpha value is -1.45. The quantitative estimate of drug-likeness (QED) is 0.834. The molecule has 1 unspecified atom stereocenters. The lowest BCUT2D eigenvalue weighted by atomic mass is 10.0. The van der Waals surface area contributed by atoms with Crippen molar-refractivity contribution in [3.63, 3.8) is 0 Å². The van der Waals surface area contributed by atoms with Gasteiger partial charge in [0.05, 0.1) is 0 Å². The molecule has 20 heavy (non-hydrogen) atoms. The second-order valence-electron chi connectivity index (χ2n) is 4.81. The van der Waals surface area contributed by atoms with Crippen LogP contribution in [0.5, 0.6) is 0 Å². The Morgan fingerprint density at radius 1 is 0.950 bits per heavy atom. The average Bonchev–Trinajstić information content (AvgIpc) is 2.42. The van der Waals surface area contributed by atoms with E-state index in [1.54, 1.807) is 6.07 Å². The molecule has 1 nitrogen and oxygen atoms in total. The van der Waals surface area contributed by atoms with Crippen molar-refractivity contribution < 1.29 is 8.78 Å². The molecule has 2 atom stereocenters. The second-order valence-corrected chi connectivity index (χ2v) is 5.21. The average molecular weight is 296 g/mol. The van der Waals surface area contributed by atoms with E-state index in [-0.39, 0.29) is 12.1 Å². The number of halogens is 3. The first kappa shape index (κ1) is 14.9. The predicted molar refractivity (Wildman–Crippen MR) is 77.8 cm³/mol. The summed E-state index contributed by atoms with van der Waals surface area (Å²) in [4.78, 5) is 0. The smallest absolute Gasteiger partial charge is 0.159 e. The number of rotatable bonds is 4. The van der Waals surface area contributed by atoms with Gasteiger partial charge in [0.25, 0.3) is 0 Å². The van der Waals surface area contributed by atoms with Gasteiger partial charge in [0, 0.05) is 17.1 Å². The topological polar surface area (TPSA) is 12.0 Å². The molecular formula is C16H16ClF2N. The first-order valence-electron chi connectivity index (χ1n) is 6.44. The Labute approximate surface area is 122 Å². The first-order chi connectivity index (χ1) is 9.49. The molecule has 0 saturated heterocycles. The first-order valence-corrected chi connectivity index (χ1v) is 6.82. The maximum Gasteiger partial charge on any atom is 0.159 e. The molecule has 2 aromatic carbocycles. The lowest BCUT2D eigenvalue weighted by molar-refractivity contribution is 0.480. The highest BCUT2D eigenvalue weighted by Gasteiger charge is 2.14. The summed E-state index contributed by atoms with van der Waals surface area (Å²) in [6.45, 7) is 3.89. The third kappa shape index (κ3) is 3.35. The minimum atomic E-state index is -0.833. The van der Waals surface area contributed by atoms with Crippen LogP contribution in [0.15, 0.2) is 42.5 Å². The minimum Gasteiger partial charge on any atom is -0.304 e. The van der Waals surface area contributed by atoms with Gasteiger partial charge in [-0.2, -0.15) is 0 Å². The van der Waals surface area contributed by atoms with E-state index in [9.17, 15) is 8.78 Å². The molecule has 0 spiro atoms. The Bertz CT molecular complexity index is 601. The summed E-state index contributed by atoms with van der Waals surface area (Å²) in [6, 6.07) is 11.4. The molecule has 0 saturated carbocycles. The molecule has 0 radical (unpaired) electrons. The molecule has 0 aliphatic heterocycles. The van der Waals surface area contributed by atoms with E-state index in [1.165, 1.54) is 6.07 Å². The molecule has 106 valence electrons. The maximum absolute atomic E-state index is 13.2. The van der Waals surface area contributed by atoms with Crippen LogP contribution in [0.4, 0.5) is 8.78 Å². The zero-order chi connectivity index (χ0) is 14.7. The van der Waals surface area contributed by atoms with Crippen molar-refractivity contribution in [2.45, 2.75) is 25.9 Å². The number of benzene rings is 2. The highest BCUT2D eigenvalue weighted by atomic mass is 35.5. The summed E-state index contributed by atoms with van der Waals surface area (Å²) in [5.41, 5.74) is 1.67. The van der Waals surface area contributed by atoms with E-state index in [0.717, 1.165) is 11.6 Å². The van der Waals surface area contributed by atoms with E-state index in [2.05, 4.69) is 5.32 Å². The monoisotopic (exact) mass is 295 g/mol. The largest absolute Gasteiger partial charge is 0.304 e. The molecule has 0 aromatic heterocycles. The molecule has 2 aromatic rings. The van der Waals surface area contributed by atoms with E-state index in [4.69, 9.17) is 11.6 Å². The molecule has 0 aliphatic rings. The summed E-state index contributed by atoms with van der Waals surface area (Å²) in [6.07, 6.45) is 0. The lowest BCUT2D eigenvalue weighted by Gasteiger charge is -2.21. The molecule has 0 bridgehead atoms. The molecule has 0 heterocycles. The SMILES string of the molecule is CC(N[C@@H](C)c1ccccc1Cl)c1ccc(F)c(F)c1. The van der Waals surface area contributed by atoms with Gasteiger partial charge < -0.3 is 5.32 Å². The zero-order valence-electron chi connectivity index (χ0n) is 11.3. The van der Waals surface area contributed by atoms with Gasteiger partial charge in [-0.25, -0.2) is 8.78 Å². The van der Waals surface area contributed by atoms with E-state index < -0.39 is 11.6 Å². The Kier molecular flexibility index (Phi) is 4.73. The van der Waals surface area contributed by atoms with E-state index >= 15 is 0 Å². The Morgan fingerprint density at radius 2 is 1.65 bits per heavy atom. The summed E-state index contributed by atoms with van der Waals surface area (Å²) in [7, 11) is 0. The zero-order valence-corrected chi connectivity index (χ0v) is 12.1. The highest BCUT2D eigenvalue weighted by molar-refractivity contribution is 6.31. The molecular weight excluding hydrogens is 280 g/mol. The van der Waals surface area contributed by atoms with Gasteiger partial charge in [-0.1, -0.05) is 35.9 Å².